The lowest BCUT2D eigenvalue weighted by molar-refractivity contribution is 0.594. The Morgan fingerprint density at radius 1 is 1.39 bits per heavy atom. The van der Waals surface area contributed by atoms with Crippen molar-refractivity contribution in [3.63, 3.8) is 0 Å². The van der Waals surface area contributed by atoms with Crippen LogP contribution in [0, 0.1) is 0 Å². The highest BCUT2D eigenvalue weighted by Crippen LogP contribution is 2.29. The Balaban J connectivity index is 2.80. The van der Waals surface area contributed by atoms with Crippen molar-refractivity contribution in [1.82, 2.24) is 9.71 Å². The average Bonchev–Trinajstić information content (AvgIpc) is 2.27. The quantitative estimate of drug-likeness (QED) is 0.593. The fraction of sp³-hybridized carbons (Fsp3) is 0.615. The molecule has 0 amide bonds. The van der Waals surface area contributed by atoms with Gasteiger partial charge in [-0.25, -0.2) is 4.98 Å². The Hall–Kier alpha value is 0.0400. The van der Waals surface area contributed by atoms with E-state index >= 15 is 0 Å². The summed E-state index contributed by atoms with van der Waals surface area (Å²) in [5.74, 6) is 0. The molecule has 0 spiro atoms. The predicted molar refractivity (Wildman–Crippen MR) is 82.4 cm³/mol. The van der Waals surface area contributed by atoms with Gasteiger partial charge in [-0.2, -0.15) is 0 Å². The number of halogens is 2. The van der Waals surface area contributed by atoms with Crippen LogP contribution in [0.4, 0.5) is 0 Å². The molecule has 0 aromatic carbocycles. The van der Waals surface area contributed by atoms with Gasteiger partial charge in [0, 0.05) is 17.0 Å². The van der Waals surface area contributed by atoms with Gasteiger partial charge in [0.2, 0.25) is 0 Å². The van der Waals surface area contributed by atoms with Gasteiger partial charge in [0.25, 0.3) is 0 Å². The summed E-state index contributed by atoms with van der Waals surface area (Å²) in [6.45, 7) is 8.71. The predicted octanol–water partition coefficient (Wildman–Crippen LogP) is 5.27. The molecule has 1 aromatic rings. The minimum Gasteiger partial charge on any atom is -0.256 e. The molecule has 0 fully saturated rings. The maximum absolute atomic E-state index is 6.02. The van der Waals surface area contributed by atoms with E-state index in [0.29, 0.717) is 10.2 Å². The van der Waals surface area contributed by atoms with Crippen LogP contribution in [-0.2, 0) is 0 Å². The average molecular weight is 307 g/mol. The Morgan fingerprint density at radius 3 is 2.56 bits per heavy atom. The molecule has 18 heavy (non-hydrogen) atoms. The van der Waals surface area contributed by atoms with Gasteiger partial charge < -0.3 is 0 Å². The highest BCUT2D eigenvalue weighted by molar-refractivity contribution is 7.98. The first-order valence-electron chi connectivity index (χ1n) is 6.08. The summed E-state index contributed by atoms with van der Waals surface area (Å²) in [4.78, 5) is 4.11. The van der Waals surface area contributed by atoms with Gasteiger partial charge in [-0.1, -0.05) is 48.5 Å². The van der Waals surface area contributed by atoms with Crippen molar-refractivity contribution in [3.05, 3.63) is 28.0 Å². The zero-order valence-corrected chi connectivity index (χ0v) is 13.6. The second-order valence-electron chi connectivity index (χ2n) is 5.21. The van der Waals surface area contributed by atoms with E-state index in [1.54, 1.807) is 18.1 Å². The Kier molecular flexibility index (Phi) is 6.25. The van der Waals surface area contributed by atoms with Crippen molar-refractivity contribution in [3.8, 4) is 0 Å². The summed E-state index contributed by atoms with van der Waals surface area (Å²) in [5.41, 5.74) is 1.09. The molecule has 0 aliphatic carbocycles. The summed E-state index contributed by atoms with van der Waals surface area (Å²) in [6.07, 6.45) is 3.94. The van der Waals surface area contributed by atoms with Crippen molar-refractivity contribution < 1.29 is 0 Å². The smallest absolute Gasteiger partial charge is 0.147 e. The molecule has 102 valence electrons. The molecular formula is C13H20Cl2N2S. The van der Waals surface area contributed by atoms with E-state index in [9.17, 15) is 0 Å². The highest BCUT2D eigenvalue weighted by Gasteiger charge is 2.17. The molecular weight excluding hydrogens is 287 g/mol. The summed E-state index contributed by atoms with van der Waals surface area (Å²) in [5, 5.41) is 0.872. The van der Waals surface area contributed by atoms with E-state index in [4.69, 9.17) is 23.2 Å². The third kappa shape index (κ3) is 5.35. The van der Waals surface area contributed by atoms with Crippen LogP contribution >= 0.6 is 35.1 Å². The van der Waals surface area contributed by atoms with Gasteiger partial charge in [-0.15, -0.1) is 0 Å². The number of hydrogen-bond acceptors (Lipinski definition) is 3. The zero-order valence-electron chi connectivity index (χ0n) is 11.3. The highest BCUT2D eigenvalue weighted by atomic mass is 35.5. The van der Waals surface area contributed by atoms with E-state index in [1.165, 1.54) is 0 Å². The third-order valence-electron chi connectivity index (χ3n) is 2.30. The number of nitrogens with zero attached hydrogens (tertiary/aromatic N) is 1. The standard InChI is InChI=1S/C13H20Cl2N2S/c1-5-6-11(17-18-13(2,3)4)9-7-10(14)12(15)16-8-9/h7-8,11,17H,5-6H2,1-4H3/t11-/m1/s1. The van der Waals surface area contributed by atoms with E-state index < -0.39 is 0 Å². The zero-order chi connectivity index (χ0) is 13.8. The van der Waals surface area contributed by atoms with Crippen LogP contribution in [0.1, 0.15) is 52.1 Å². The van der Waals surface area contributed by atoms with E-state index in [1.807, 2.05) is 6.07 Å². The van der Waals surface area contributed by atoms with Gasteiger partial charge in [-0.3, -0.25) is 4.72 Å². The number of hydrogen-bond donors (Lipinski definition) is 1. The molecule has 1 aromatic heterocycles. The summed E-state index contributed by atoms with van der Waals surface area (Å²) >= 11 is 13.6. The fourth-order valence-electron chi connectivity index (χ4n) is 1.46. The molecule has 0 unspecified atom stereocenters. The van der Waals surface area contributed by atoms with Crippen molar-refractivity contribution in [1.29, 1.82) is 0 Å². The molecule has 0 saturated carbocycles. The molecule has 0 bridgehead atoms. The van der Waals surface area contributed by atoms with Gasteiger partial charge >= 0.3 is 0 Å². The molecule has 1 rings (SSSR count). The third-order valence-corrected chi connectivity index (χ3v) is 4.01. The molecule has 0 aliphatic rings. The first-order chi connectivity index (χ1) is 8.33. The molecule has 1 N–H and O–H groups in total. The summed E-state index contributed by atoms with van der Waals surface area (Å²) in [7, 11) is 0. The van der Waals surface area contributed by atoms with Crippen LogP contribution in [0.3, 0.4) is 0 Å². The van der Waals surface area contributed by atoms with Gasteiger partial charge in [0.05, 0.1) is 5.02 Å². The van der Waals surface area contributed by atoms with Gasteiger partial charge in [-0.05, 0) is 38.8 Å². The minimum absolute atomic E-state index is 0.176. The van der Waals surface area contributed by atoms with Crippen LogP contribution in [0.5, 0.6) is 0 Å². The number of aromatic nitrogens is 1. The number of nitrogens with one attached hydrogen (secondary N) is 1. The van der Waals surface area contributed by atoms with E-state index in [2.05, 4.69) is 37.4 Å². The van der Waals surface area contributed by atoms with E-state index in [-0.39, 0.29) is 10.8 Å². The number of rotatable bonds is 5. The molecule has 0 aliphatic heterocycles. The molecule has 0 saturated heterocycles. The maximum Gasteiger partial charge on any atom is 0.147 e. The Morgan fingerprint density at radius 2 is 2.06 bits per heavy atom. The van der Waals surface area contributed by atoms with Crippen LogP contribution < -0.4 is 4.72 Å². The lowest BCUT2D eigenvalue weighted by Crippen LogP contribution is -2.21. The second-order valence-corrected chi connectivity index (χ2v) is 7.64. The van der Waals surface area contributed by atoms with Crippen LogP contribution in [-0.4, -0.2) is 9.73 Å². The fourth-order valence-corrected chi connectivity index (χ4v) is 2.48. The molecule has 2 nitrogen and oxygen atoms in total. The molecule has 0 radical (unpaired) electrons. The first kappa shape index (κ1) is 16.1. The lowest BCUT2D eigenvalue weighted by Gasteiger charge is -2.24. The SMILES string of the molecule is CCC[C@@H](NSC(C)(C)C)c1cnc(Cl)c(Cl)c1. The van der Waals surface area contributed by atoms with Crippen LogP contribution in [0.25, 0.3) is 0 Å². The minimum atomic E-state index is 0.176. The molecule has 1 atom stereocenters. The van der Waals surface area contributed by atoms with Crippen molar-refractivity contribution in [2.75, 3.05) is 0 Å². The summed E-state index contributed by atoms with van der Waals surface area (Å²) in [6, 6.07) is 2.15. The molecule has 5 heteroatoms. The largest absolute Gasteiger partial charge is 0.256 e. The normalized spacial score (nSPS) is 13.7. The van der Waals surface area contributed by atoms with Gasteiger partial charge in [0.1, 0.15) is 5.15 Å². The van der Waals surface area contributed by atoms with Crippen molar-refractivity contribution in [2.24, 2.45) is 0 Å². The maximum atomic E-state index is 6.02. The second kappa shape index (κ2) is 6.99. The van der Waals surface area contributed by atoms with Crippen LogP contribution in [0.15, 0.2) is 12.3 Å². The van der Waals surface area contributed by atoms with E-state index in [0.717, 1.165) is 18.4 Å². The van der Waals surface area contributed by atoms with Crippen LogP contribution in [0.2, 0.25) is 10.2 Å². The molecule has 1 heterocycles. The van der Waals surface area contributed by atoms with Crippen molar-refractivity contribution >= 4 is 35.1 Å². The Bertz CT molecular complexity index is 391. The Labute approximate surface area is 124 Å². The van der Waals surface area contributed by atoms with Gasteiger partial charge in [0.15, 0.2) is 0 Å². The first-order valence-corrected chi connectivity index (χ1v) is 7.65. The summed E-state index contributed by atoms with van der Waals surface area (Å²) < 4.78 is 3.67. The number of pyridine rings is 1. The lowest BCUT2D eigenvalue weighted by atomic mass is 10.1. The topological polar surface area (TPSA) is 24.9 Å². The van der Waals surface area contributed by atoms with Crippen molar-refractivity contribution in [2.45, 2.75) is 51.3 Å². The monoisotopic (exact) mass is 306 g/mol.